The Bertz CT molecular complexity index is 578. The maximum atomic E-state index is 12.5. The van der Waals surface area contributed by atoms with Crippen LogP contribution in [-0.2, 0) is 0 Å². The molecule has 0 fully saturated rings. The van der Waals surface area contributed by atoms with E-state index in [1.165, 1.54) is 0 Å². The summed E-state index contributed by atoms with van der Waals surface area (Å²) in [5.74, 6) is 0.0186. The number of carbonyl (C=O) groups excluding carboxylic acids is 1. The van der Waals surface area contributed by atoms with Gasteiger partial charge in [-0.05, 0) is 49.7 Å². The average Bonchev–Trinajstić information content (AvgIpc) is 2.42. The molecule has 1 amide bonds. The summed E-state index contributed by atoms with van der Waals surface area (Å²) in [6, 6.07) is 15.2. The van der Waals surface area contributed by atoms with E-state index in [2.05, 4.69) is 12.6 Å². The van der Waals surface area contributed by atoms with Crippen molar-refractivity contribution in [2.24, 2.45) is 0 Å². The Hall–Kier alpha value is -1.74. The van der Waals surface area contributed by atoms with Crippen LogP contribution in [-0.4, -0.2) is 12.5 Å². The van der Waals surface area contributed by atoms with E-state index in [1.807, 2.05) is 62.4 Å². The minimum Gasteiger partial charge on any atom is -0.308 e. The van der Waals surface area contributed by atoms with Gasteiger partial charge >= 0.3 is 0 Å². The number of nitrogens with zero attached hydrogens (tertiary/aromatic N) is 1. The minimum atomic E-state index is 0.0186. The maximum Gasteiger partial charge on any atom is 0.258 e. The monoisotopic (exact) mass is 271 g/mol. The summed E-state index contributed by atoms with van der Waals surface area (Å²) in [6.07, 6.45) is 0. The first-order chi connectivity index (χ1) is 9.13. The molecular formula is C16H17NOS. The zero-order valence-corrected chi connectivity index (χ0v) is 12.0. The van der Waals surface area contributed by atoms with Gasteiger partial charge in [0, 0.05) is 22.7 Å². The fourth-order valence-electron chi connectivity index (χ4n) is 2.05. The SMILES string of the molecule is CCN(C(=O)c1ccc(S)cc1)c1ccccc1C. The van der Waals surface area contributed by atoms with Gasteiger partial charge in [0.05, 0.1) is 0 Å². The molecule has 0 N–H and O–H groups in total. The normalized spacial score (nSPS) is 10.3. The van der Waals surface area contributed by atoms with E-state index in [9.17, 15) is 4.79 Å². The first-order valence-electron chi connectivity index (χ1n) is 6.30. The number of rotatable bonds is 3. The van der Waals surface area contributed by atoms with E-state index in [1.54, 1.807) is 4.90 Å². The van der Waals surface area contributed by atoms with Crippen LogP contribution in [0.1, 0.15) is 22.8 Å². The van der Waals surface area contributed by atoms with Crippen LogP contribution in [0.2, 0.25) is 0 Å². The third-order valence-electron chi connectivity index (χ3n) is 3.08. The Morgan fingerprint density at radius 3 is 2.32 bits per heavy atom. The first-order valence-corrected chi connectivity index (χ1v) is 6.74. The topological polar surface area (TPSA) is 20.3 Å². The lowest BCUT2D eigenvalue weighted by molar-refractivity contribution is 0.0988. The molecule has 0 aliphatic heterocycles. The highest BCUT2D eigenvalue weighted by Gasteiger charge is 2.17. The molecule has 2 rings (SSSR count). The summed E-state index contributed by atoms with van der Waals surface area (Å²) < 4.78 is 0. The largest absolute Gasteiger partial charge is 0.308 e. The van der Waals surface area contributed by atoms with Gasteiger partial charge in [-0.1, -0.05) is 18.2 Å². The molecule has 0 aliphatic carbocycles. The number of thiol groups is 1. The van der Waals surface area contributed by atoms with Crippen molar-refractivity contribution in [1.29, 1.82) is 0 Å². The Morgan fingerprint density at radius 1 is 1.11 bits per heavy atom. The molecule has 0 aromatic heterocycles. The van der Waals surface area contributed by atoms with Crippen LogP contribution in [0.3, 0.4) is 0 Å². The van der Waals surface area contributed by atoms with Gasteiger partial charge in [0.15, 0.2) is 0 Å². The van der Waals surface area contributed by atoms with Gasteiger partial charge in [-0.2, -0.15) is 0 Å². The Kier molecular flexibility index (Phi) is 4.27. The number of hydrogen-bond acceptors (Lipinski definition) is 2. The Balaban J connectivity index is 2.35. The van der Waals surface area contributed by atoms with Gasteiger partial charge in [-0.25, -0.2) is 0 Å². The van der Waals surface area contributed by atoms with Crippen LogP contribution in [0.4, 0.5) is 5.69 Å². The highest BCUT2D eigenvalue weighted by molar-refractivity contribution is 7.80. The number of hydrogen-bond donors (Lipinski definition) is 1. The second-order valence-corrected chi connectivity index (χ2v) is 4.90. The van der Waals surface area contributed by atoms with E-state index in [4.69, 9.17) is 0 Å². The van der Waals surface area contributed by atoms with Crippen molar-refractivity contribution in [2.75, 3.05) is 11.4 Å². The average molecular weight is 271 g/mol. The number of amides is 1. The summed E-state index contributed by atoms with van der Waals surface area (Å²) >= 11 is 4.24. The molecular weight excluding hydrogens is 254 g/mol. The van der Waals surface area contributed by atoms with Crippen molar-refractivity contribution in [3.05, 3.63) is 59.7 Å². The highest BCUT2D eigenvalue weighted by Crippen LogP contribution is 2.21. The van der Waals surface area contributed by atoms with Crippen molar-refractivity contribution >= 4 is 24.2 Å². The van der Waals surface area contributed by atoms with Crippen molar-refractivity contribution in [2.45, 2.75) is 18.7 Å². The number of para-hydroxylation sites is 1. The third kappa shape index (κ3) is 2.99. The molecule has 2 aromatic rings. The van der Waals surface area contributed by atoms with E-state index >= 15 is 0 Å². The van der Waals surface area contributed by atoms with Crippen LogP contribution in [0.25, 0.3) is 0 Å². The van der Waals surface area contributed by atoms with Crippen LogP contribution in [0.5, 0.6) is 0 Å². The Morgan fingerprint density at radius 2 is 1.74 bits per heavy atom. The summed E-state index contributed by atoms with van der Waals surface area (Å²) in [5.41, 5.74) is 2.75. The summed E-state index contributed by atoms with van der Waals surface area (Å²) in [6.45, 7) is 4.64. The van der Waals surface area contributed by atoms with Gasteiger partial charge in [-0.3, -0.25) is 4.79 Å². The second-order valence-electron chi connectivity index (χ2n) is 4.38. The van der Waals surface area contributed by atoms with Gasteiger partial charge in [-0.15, -0.1) is 12.6 Å². The van der Waals surface area contributed by atoms with E-state index in [0.717, 1.165) is 16.1 Å². The molecule has 19 heavy (non-hydrogen) atoms. The molecule has 98 valence electrons. The number of aryl methyl sites for hydroxylation is 1. The van der Waals surface area contributed by atoms with Crippen LogP contribution < -0.4 is 4.90 Å². The van der Waals surface area contributed by atoms with E-state index in [0.29, 0.717) is 12.1 Å². The predicted molar refractivity (Wildman–Crippen MR) is 82.2 cm³/mol. The molecule has 0 saturated heterocycles. The smallest absolute Gasteiger partial charge is 0.258 e. The van der Waals surface area contributed by atoms with Crippen LogP contribution >= 0.6 is 12.6 Å². The van der Waals surface area contributed by atoms with Crippen molar-refractivity contribution in [3.63, 3.8) is 0 Å². The quantitative estimate of drug-likeness (QED) is 0.838. The van der Waals surface area contributed by atoms with E-state index in [-0.39, 0.29) is 5.91 Å². The lowest BCUT2D eigenvalue weighted by atomic mass is 10.1. The summed E-state index contributed by atoms with van der Waals surface area (Å²) in [4.78, 5) is 15.2. The molecule has 0 aliphatic rings. The van der Waals surface area contributed by atoms with Gasteiger partial charge in [0.1, 0.15) is 0 Å². The highest BCUT2D eigenvalue weighted by atomic mass is 32.1. The molecule has 0 heterocycles. The summed E-state index contributed by atoms with van der Waals surface area (Å²) in [7, 11) is 0. The third-order valence-corrected chi connectivity index (χ3v) is 3.38. The number of benzene rings is 2. The second kappa shape index (κ2) is 5.93. The first kappa shape index (κ1) is 13.7. The van der Waals surface area contributed by atoms with Gasteiger partial charge in [0.25, 0.3) is 5.91 Å². The lowest BCUT2D eigenvalue weighted by Gasteiger charge is -2.23. The zero-order valence-electron chi connectivity index (χ0n) is 11.1. The molecule has 0 saturated carbocycles. The number of carbonyl (C=O) groups is 1. The van der Waals surface area contributed by atoms with Crippen molar-refractivity contribution in [1.82, 2.24) is 0 Å². The van der Waals surface area contributed by atoms with Gasteiger partial charge in [0.2, 0.25) is 0 Å². The van der Waals surface area contributed by atoms with Crippen molar-refractivity contribution < 1.29 is 4.79 Å². The minimum absolute atomic E-state index is 0.0186. The summed E-state index contributed by atoms with van der Waals surface area (Å²) in [5, 5.41) is 0. The molecule has 3 heteroatoms. The standard InChI is InChI=1S/C16H17NOS/c1-3-17(15-7-5-4-6-12(15)2)16(18)13-8-10-14(19)11-9-13/h4-11,19H,3H2,1-2H3. The fraction of sp³-hybridized carbons (Fsp3) is 0.188. The Labute approximate surface area is 119 Å². The molecule has 2 aromatic carbocycles. The van der Waals surface area contributed by atoms with Crippen LogP contribution in [0.15, 0.2) is 53.4 Å². The van der Waals surface area contributed by atoms with Crippen LogP contribution in [0, 0.1) is 6.92 Å². The molecule has 0 spiro atoms. The zero-order chi connectivity index (χ0) is 13.8. The maximum absolute atomic E-state index is 12.5. The predicted octanol–water partition coefficient (Wildman–Crippen LogP) is 3.95. The number of anilines is 1. The molecule has 2 nitrogen and oxygen atoms in total. The van der Waals surface area contributed by atoms with Crippen molar-refractivity contribution in [3.8, 4) is 0 Å². The molecule has 0 bridgehead atoms. The lowest BCUT2D eigenvalue weighted by Crippen LogP contribution is -2.31. The fourth-order valence-corrected chi connectivity index (χ4v) is 2.20. The molecule has 0 atom stereocenters. The molecule has 0 radical (unpaired) electrons. The van der Waals surface area contributed by atoms with E-state index < -0.39 is 0 Å². The van der Waals surface area contributed by atoms with Gasteiger partial charge < -0.3 is 4.90 Å². The molecule has 0 unspecified atom stereocenters.